The lowest BCUT2D eigenvalue weighted by molar-refractivity contribution is -0.156. The van der Waals surface area contributed by atoms with Gasteiger partial charge >= 0.3 is 5.97 Å². The third-order valence-corrected chi connectivity index (χ3v) is 5.74. The summed E-state index contributed by atoms with van der Waals surface area (Å²) < 4.78 is 7.18. The van der Waals surface area contributed by atoms with Gasteiger partial charge in [-0.05, 0) is 62.3 Å². The number of carbonyl (C=O) groups is 1. The minimum absolute atomic E-state index is 0.152. The molecule has 1 N–H and O–H groups in total. The monoisotopic (exact) mass is 404 g/mol. The molecule has 0 aliphatic heterocycles. The van der Waals surface area contributed by atoms with Crippen LogP contribution >= 0.6 is 11.6 Å². The van der Waals surface area contributed by atoms with E-state index in [9.17, 15) is 4.79 Å². The van der Waals surface area contributed by atoms with Crippen LogP contribution < -0.4 is 5.32 Å². The number of rotatable bonds is 7. The van der Waals surface area contributed by atoms with Crippen LogP contribution in [0.3, 0.4) is 0 Å². The molecule has 0 unspecified atom stereocenters. The first kappa shape index (κ1) is 20.6. The molecule has 0 radical (unpaired) electrons. The van der Waals surface area contributed by atoms with E-state index in [-0.39, 0.29) is 23.2 Å². The summed E-state index contributed by atoms with van der Waals surface area (Å²) in [5.74, 6) is 0.646. The zero-order valence-electron chi connectivity index (χ0n) is 17.0. The molecule has 2 aromatic heterocycles. The summed E-state index contributed by atoms with van der Waals surface area (Å²) in [6.45, 7) is 8.44. The maximum absolute atomic E-state index is 12.8. The van der Waals surface area contributed by atoms with Gasteiger partial charge in [-0.25, -0.2) is 4.52 Å². The van der Waals surface area contributed by atoms with Gasteiger partial charge in [0.15, 0.2) is 5.82 Å². The van der Waals surface area contributed by atoms with Crippen LogP contribution in [0.1, 0.15) is 52.5 Å². The van der Waals surface area contributed by atoms with Gasteiger partial charge in [0.05, 0.1) is 18.1 Å². The van der Waals surface area contributed by atoms with Crippen LogP contribution in [0.4, 0.5) is 5.82 Å². The average Bonchev–Trinajstić information content (AvgIpc) is 3.06. The Morgan fingerprint density at radius 2 is 2.21 bits per heavy atom. The van der Waals surface area contributed by atoms with Gasteiger partial charge in [0, 0.05) is 6.20 Å². The fourth-order valence-electron chi connectivity index (χ4n) is 4.05. The number of anilines is 1. The molecule has 28 heavy (non-hydrogen) atoms. The van der Waals surface area contributed by atoms with Crippen LogP contribution in [-0.4, -0.2) is 33.2 Å². The van der Waals surface area contributed by atoms with E-state index < -0.39 is 5.41 Å². The number of allylic oxidation sites excluding steroid dienone is 1. The molecule has 2 aromatic rings. The molecular weight excluding hydrogens is 376 g/mol. The number of carbonyl (C=O) groups excluding carboxylic acids is 1. The van der Waals surface area contributed by atoms with E-state index in [1.807, 2.05) is 20.0 Å². The van der Waals surface area contributed by atoms with Gasteiger partial charge in [0.1, 0.15) is 5.52 Å². The molecule has 6 nitrogen and oxygen atoms in total. The third-order valence-electron chi connectivity index (χ3n) is 5.58. The first-order valence-corrected chi connectivity index (χ1v) is 10.5. The van der Waals surface area contributed by atoms with Crippen molar-refractivity contribution in [3.05, 3.63) is 35.3 Å². The molecular formula is C21H29ClN4O2. The molecule has 0 saturated carbocycles. The summed E-state index contributed by atoms with van der Waals surface area (Å²) in [5, 5.41) is 8.01. The van der Waals surface area contributed by atoms with Gasteiger partial charge in [0.2, 0.25) is 5.28 Å². The highest BCUT2D eigenvalue weighted by atomic mass is 35.5. The molecule has 3 atom stereocenters. The van der Waals surface area contributed by atoms with Crippen LogP contribution in [0.25, 0.3) is 5.52 Å². The number of fused-ring (bicyclic) bond motifs is 1. The predicted octanol–water partition coefficient (Wildman–Crippen LogP) is 4.67. The molecule has 1 aliphatic carbocycles. The maximum atomic E-state index is 12.8. The number of halogens is 1. The lowest BCUT2D eigenvalue weighted by Crippen LogP contribution is -2.50. The van der Waals surface area contributed by atoms with E-state index in [0.717, 1.165) is 24.8 Å². The lowest BCUT2D eigenvalue weighted by atomic mass is 9.69. The van der Waals surface area contributed by atoms with Gasteiger partial charge in [-0.1, -0.05) is 32.4 Å². The second-order valence-electron chi connectivity index (χ2n) is 7.62. The van der Waals surface area contributed by atoms with Gasteiger partial charge in [0.25, 0.3) is 0 Å². The van der Waals surface area contributed by atoms with E-state index in [2.05, 4.69) is 47.5 Å². The summed E-state index contributed by atoms with van der Waals surface area (Å²) in [5.41, 5.74) is 1.37. The Morgan fingerprint density at radius 3 is 2.89 bits per heavy atom. The lowest BCUT2D eigenvalue weighted by Gasteiger charge is -2.41. The maximum Gasteiger partial charge on any atom is 0.314 e. The van der Waals surface area contributed by atoms with Crippen LogP contribution in [0.5, 0.6) is 0 Å². The fourth-order valence-corrected chi connectivity index (χ4v) is 4.21. The first-order valence-electron chi connectivity index (χ1n) is 10.1. The molecule has 3 rings (SSSR count). The molecule has 1 aliphatic rings. The molecule has 0 saturated heterocycles. The Hall–Kier alpha value is -2.08. The van der Waals surface area contributed by atoms with Crippen molar-refractivity contribution in [1.82, 2.24) is 14.6 Å². The van der Waals surface area contributed by atoms with E-state index in [4.69, 9.17) is 16.3 Å². The minimum atomic E-state index is -0.682. The Kier molecular flexibility index (Phi) is 6.28. The zero-order chi connectivity index (χ0) is 20.3. The number of ether oxygens (including phenoxy) is 1. The fraction of sp³-hybridized carbons (Fsp3) is 0.571. The highest BCUT2D eigenvalue weighted by molar-refractivity contribution is 6.28. The zero-order valence-corrected chi connectivity index (χ0v) is 17.8. The second-order valence-corrected chi connectivity index (χ2v) is 7.96. The molecule has 152 valence electrons. The van der Waals surface area contributed by atoms with Crippen molar-refractivity contribution in [2.75, 3.05) is 11.9 Å². The van der Waals surface area contributed by atoms with Crippen molar-refractivity contribution in [3.8, 4) is 0 Å². The Bertz CT molecular complexity index is 879. The largest absolute Gasteiger partial charge is 0.466 e. The number of hydrogen-bond acceptors (Lipinski definition) is 5. The van der Waals surface area contributed by atoms with E-state index in [1.54, 1.807) is 4.52 Å². The molecule has 0 spiro atoms. The molecule has 2 heterocycles. The number of nitrogens with zero attached hydrogens (tertiary/aromatic N) is 3. The standard InChI is InChI=1S/C21H29ClN4O2/c1-5-9-14-12-16-18(24-20(22)25-26(16)13-14)23-17-15(6-2)10-8-11-21(17,4)19(27)28-7-3/h8,10,12-13,15,17H,5-7,9,11H2,1-4H3,(H,23,24,25)/t15-,17+,21-/m1/s1. The van der Waals surface area contributed by atoms with Gasteiger partial charge < -0.3 is 10.1 Å². The van der Waals surface area contributed by atoms with Gasteiger partial charge in [-0.3, -0.25) is 4.79 Å². The number of aryl methyl sites for hydroxylation is 1. The molecule has 7 heteroatoms. The van der Waals surface area contributed by atoms with E-state index in [0.29, 0.717) is 18.8 Å². The van der Waals surface area contributed by atoms with Crippen LogP contribution in [0, 0.1) is 11.3 Å². The Morgan fingerprint density at radius 1 is 1.43 bits per heavy atom. The molecule has 0 bridgehead atoms. The number of nitrogens with one attached hydrogen (secondary N) is 1. The first-order chi connectivity index (χ1) is 13.4. The van der Waals surface area contributed by atoms with Crippen molar-refractivity contribution in [2.24, 2.45) is 11.3 Å². The highest BCUT2D eigenvalue weighted by Crippen LogP contribution is 2.40. The summed E-state index contributed by atoms with van der Waals surface area (Å²) >= 11 is 6.19. The SMILES string of the molecule is CCCc1cc2c(N[C@H]3[C@H](CC)C=CC[C@@]3(C)C(=O)OCC)nc(Cl)nn2c1. The smallest absolute Gasteiger partial charge is 0.314 e. The second kappa shape index (κ2) is 8.52. The van der Waals surface area contributed by atoms with Crippen molar-refractivity contribution in [1.29, 1.82) is 0 Å². The summed E-state index contributed by atoms with van der Waals surface area (Å²) in [6, 6.07) is 1.93. The van der Waals surface area contributed by atoms with Crippen molar-refractivity contribution < 1.29 is 9.53 Å². The van der Waals surface area contributed by atoms with Gasteiger partial charge in [-0.15, -0.1) is 5.10 Å². The van der Waals surface area contributed by atoms with Crippen LogP contribution in [0.15, 0.2) is 24.4 Å². The molecule has 0 aromatic carbocycles. The third kappa shape index (κ3) is 3.88. The summed E-state index contributed by atoms with van der Waals surface area (Å²) in [4.78, 5) is 17.3. The van der Waals surface area contributed by atoms with E-state index >= 15 is 0 Å². The van der Waals surface area contributed by atoms with Crippen LogP contribution in [-0.2, 0) is 16.0 Å². The number of esters is 1. The summed E-state index contributed by atoms with van der Waals surface area (Å²) in [7, 11) is 0. The Labute approximate surface area is 171 Å². The number of hydrogen-bond donors (Lipinski definition) is 1. The predicted molar refractivity (Wildman–Crippen MR) is 112 cm³/mol. The van der Waals surface area contributed by atoms with Gasteiger partial charge in [-0.2, -0.15) is 4.98 Å². The van der Waals surface area contributed by atoms with Crippen molar-refractivity contribution in [3.63, 3.8) is 0 Å². The number of aromatic nitrogens is 3. The normalized spacial score (nSPS) is 24.5. The minimum Gasteiger partial charge on any atom is -0.466 e. The quantitative estimate of drug-likeness (QED) is 0.536. The van der Waals surface area contributed by atoms with Crippen LogP contribution in [0.2, 0.25) is 5.28 Å². The molecule has 0 amide bonds. The van der Waals surface area contributed by atoms with E-state index in [1.165, 1.54) is 5.56 Å². The van der Waals surface area contributed by atoms with Crippen molar-refractivity contribution >= 4 is 28.9 Å². The molecule has 0 fully saturated rings. The topological polar surface area (TPSA) is 68.5 Å². The highest BCUT2D eigenvalue weighted by Gasteiger charge is 2.46. The average molecular weight is 405 g/mol. The van der Waals surface area contributed by atoms with Crippen molar-refractivity contribution in [2.45, 2.75) is 59.4 Å². The summed E-state index contributed by atoms with van der Waals surface area (Å²) in [6.07, 6.45) is 9.79. The Balaban J connectivity index is 2.03.